The standard InChI is InChI=1S/C7H15ISi/c1-7(5-6-8)9(2,3)4/h5-7H,1-4H3/b6-5+. The monoisotopic (exact) mass is 254 g/mol. The summed E-state index contributed by atoms with van der Waals surface area (Å²) in [6.45, 7) is 9.50. The van der Waals surface area contributed by atoms with E-state index < -0.39 is 8.07 Å². The van der Waals surface area contributed by atoms with Gasteiger partial charge in [-0.15, -0.1) is 0 Å². The van der Waals surface area contributed by atoms with Gasteiger partial charge in [0.15, 0.2) is 0 Å². The summed E-state index contributed by atoms with van der Waals surface area (Å²) in [6, 6.07) is 0. The van der Waals surface area contributed by atoms with E-state index in [1.807, 2.05) is 0 Å². The highest BCUT2D eigenvalue weighted by molar-refractivity contribution is 14.1. The van der Waals surface area contributed by atoms with E-state index in [4.69, 9.17) is 0 Å². The number of hydrogen-bond donors (Lipinski definition) is 0. The third-order valence-electron chi connectivity index (χ3n) is 1.73. The van der Waals surface area contributed by atoms with E-state index >= 15 is 0 Å². The first-order chi connectivity index (χ1) is 3.98. The Kier molecular flexibility index (Phi) is 4.04. The van der Waals surface area contributed by atoms with Gasteiger partial charge in [-0.05, 0) is 9.62 Å². The summed E-state index contributed by atoms with van der Waals surface area (Å²) in [7, 11) is -0.873. The molecule has 0 fully saturated rings. The third kappa shape index (κ3) is 4.14. The van der Waals surface area contributed by atoms with Crippen LogP contribution in [0, 0.1) is 0 Å². The molecule has 0 radical (unpaired) electrons. The molecule has 0 aromatic heterocycles. The van der Waals surface area contributed by atoms with Crippen molar-refractivity contribution in [2.45, 2.75) is 32.1 Å². The van der Waals surface area contributed by atoms with Crippen LogP contribution in [0.3, 0.4) is 0 Å². The first kappa shape index (κ1) is 9.69. The van der Waals surface area contributed by atoms with Crippen LogP contribution in [0.15, 0.2) is 10.2 Å². The summed E-state index contributed by atoms with van der Waals surface area (Å²) in [5.74, 6) is 0. The molecule has 0 saturated heterocycles. The van der Waals surface area contributed by atoms with Crippen LogP contribution in [-0.2, 0) is 0 Å². The first-order valence-corrected chi connectivity index (χ1v) is 8.07. The maximum Gasteiger partial charge on any atom is 0.0510 e. The molecule has 0 N–H and O–H groups in total. The molecule has 0 saturated carbocycles. The second kappa shape index (κ2) is 3.76. The number of hydrogen-bond acceptors (Lipinski definition) is 0. The Morgan fingerprint density at radius 1 is 1.33 bits per heavy atom. The normalized spacial score (nSPS) is 16.6. The summed E-state index contributed by atoms with van der Waals surface area (Å²) in [6.07, 6.45) is 2.30. The van der Waals surface area contributed by atoms with Crippen LogP contribution in [0.5, 0.6) is 0 Å². The van der Waals surface area contributed by atoms with Gasteiger partial charge < -0.3 is 0 Å². The zero-order valence-electron chi connectivity index (χ0n) is 6.61. The highest BCUT2D eigenvalue weighted by Gasteiger charge is 2.18. The number of allylic oxidation sites excluding steroid dienone is 1. The molecule has 0 aliphatic carbocycles. The van der Waals surface area contributed by atoms with Crippen LogP contribution in [0.2, 0.25) is 25.2 Å². The van der Waals surface area contributed by atoms with Crippen molar-refractivity contribution in [1.82, 2.24) is 0 Å². The minimum atomic E-state index is -0.873. The Bertz CT molecular complexity index is 102. The van der Waals surface area contributed by atoms with Crippen LogP contribution in [-0.4, -0.2) is 8.07 Å². The lowest BCUT2D eigenvalue weighted by Gasteiger charge is -2.21. The Morgan fingerprint density at radius 2 is 1.78 bits per heavy atom. The maximum atomic E-state index is 2.40. The van der Waals surface area contributed by atoms with Crippen molar-refractivity contribution in [2.75, 3.05) is 0 Å². The van der Waals surface area contributed by atoms with Gasteiger partial charge in [0.05, 0.1) is 8.07 Å². The predicted molar refractivity (Wildman–Crippen MR) is 55.9 cm³/mol. The lowest BCUT2D eigenvalue weighted by atomic mass is 10.5. The van der Waals surface area contributed by atoms with Gasteiger partial charge in [0.25, 0.3) is 0 Å². The van der Waals surface area contributed by atoms with Crippen molar-refractivity contribution >= 4 is 30.7 Å². The fourth-order valence-corrected chi connectivity index (χ4v) is 2.09. The van der Waals surface area contributed by atoms with Crippen molar-refractivity contribution in [3.63, 3.8) is 0 Å². The Balaban J connectivity index is 3.88. The number of rotatable bonds is 2. The molecule has 0 spiro atoms. The van der Waals surface area contributed by atoms with E-state index in [2.05, 4.69) is 59.3 Å². The Labute approximate surface area is 72.9 Å². The highest BCUT2D eigenvalue weighted by Crippen LogP contribution is 2.22. The van der Waals surface area contributed by atoms with Gasteiger partial charge in [-0.2, -0.15) is 0 Å². The van der Waals surface area contributed by atoms with Crippen molar-refractivity contribution in [1.29, 1.82) is 0 Å². The van der Waals surface area contributed by atoms with Crippen LogP contribution in [0.1, 0.15) is 6.92 Å². The average molecular weight is 254 g/mol. The van der Waals surface area contributed by atoms with E-state index in [1.165, 1.54) is 0 Å². The molecule has 1 unspecified atom stereocenters. The average Bonchev–Trinajstić information content (AvgIpc) is 1.64. The molecule has 0 bridgehead atoms. The van der Waals surface area contributed by atoms with Crippen LogP contribution in [0.25, 0.3) is 0 Å². The molecule has 0 amide bonds. The SMILES string of the molecule is CC(/C=C/I)[Si](C)(C)C. The molecule has 9 heavy (non-hydrogen) atoms. The molecule has 54 valence electrons. The molecule has 1 atom stereocenters. The Hall–Kier alpha value is 0.687. The Morgan fingerprint density at radius 3 is 1.89 bits per heavy atom. The molecule has 0 aliphatic rings. The van der Waals surface area contributed by atoms with Crippen LogP contribution >= 0.6 is 22.6 Å². The van der Waals surface area contributed by atoms with Gasteiger partial charge in [0.1, 0.15) is 0 Å². The highest BCUT2D eigenvalue weighted by atomic mass is 127. The molecule has 0 nitrogen and oxygen atoms in total. The van der Waals surface area contributed by atoms with Crippen molar-refractivity contribution in [2.24, 2.45) is 0 Å². The summed E-state index contributed by atoms with van der Waals surface area (Å²) in [5, 5.41) is 0. The van der Waals surface area contributed by atoms with Gasteiger partial charge >= 0.3 is 0 Å². The van der Waals surface area contributed by atoms with E-state index in [9.17, 15) is 0 Å². The van der Waals surface area contributed by atoms with Crippen LogP contribution < -0.4 is 0 Å². The van der Waals surface area contributed by atoms with Crippen molar-refractivity contribution < 1.29 is 0 Å². The fraction of sp³-hybridized carbons (Fsp3) is 0.714. The van der Waals surface area contributed by atoms with Crippen molar-refractivity contribution in [3.8, 4) is 0 Å². The smallest absolute Gasteiger partial charge is 0.0510 e. The zero-order chi connectivity index (χ0) is 7.49. The second-order valence-corrected chi connectivity index (χ2v) is 9.84. The van der Waals surface area contributed by atoms with Crippen LogP contribution in [0.4, 0.5) is 0 Å². The summed E-state index contributed by atoms with van der Waals surface area (Å²) < 4.78 is 2.13. The third-order valence-corrected chi connectivity index (χ3v) is 5.07. The molecule has 0 aromatic rings. The van der Waals surface area contributed by atoms with Gasteiger partial charge in [-0.3, -0.25) is 0 Å². The number of halogens is 1. The van der Waals surface area contributed by atoms with E-state index in [0.717, 1.165) is 5.54 Å². The lowest BCUT2D eigenvalue weighted by Crippen LogP contribution is -2.24. The molecule has 0 heterocycles. The first-order valence-electron chi connectivity index (χ1n) is 3.25. The predicted octanol–water partition coefficient (Wildman–Crippen LogP) is 3.66. The molecular formula is C7H15ISi. The summed E-state index contributed by atoms with van der Waals surface area (Å²) >= 11 is 2.28. The van der Waals surface area contributed by atoms with E-state index in [-0.39, 0.29) is 0 Å². The molecule has 0 aliphatic heterocycles. The largest absolute Gasteiger partial charge is 0.0783 e. The van der Waals surface area contributed by atoms with Gasteiger partial charge in [-0.25, -0.2) is 0 Å². The topological polar surface area (TPSA) is 0 Å². The van der Waals surface area contributed by atoms with Gasteiger partial charge in [-0.1, -0.05) is 55.2 Å². The van der Waals surface area contributed by atoms with E-state index in [1.54, 1.807) is 0 Å². The minimum Gasteiger partial charge on any atom is -0.0783 e. The molecule has 0 aromatic carbocycles. The second-order valence-electron chi connectivity index (χ2n) is 3.47. The molecule has 2 heteroatoms. The lowest BCUT2D eigenvalue weighted by molar-refractivity contribution is 1.13. The van der Waals surface area contributed by atoms with Gasteiger partial charge in [0, 0.05) is 0 Å². The molecular weight excluding hydrogens is 239 g/mol. The summed E-state index contributed by atoms with van der Waals surface area (Å²) in [5.41, 5.74) is 0.814. The van der Waals surface area contributed by atoms with Crippen molar-refractivity contribution in [3.05, 3.63) is 10.2 Å². The zero-order valence-corrected chi connectivity index (χ0v) is 9.77. The summed E-state index contributed by atoms with van der Waals surface area (Å²) in [4.78, 5) is 0. The van der Waals surface area contributed by atoms with E-state index in [0.29, 0.717) is 0 Å². The van der Waals surface area contributed by atoms with Gasteiger partial charge in [0.2, 0.25) is 0 Å². The quantitative estimate of drug-likeness (QED) is 0.521. The minimum absolute atomic E-state index is 0.814. The molecule has 0 rings (SSSR count). The fourth-order valence-electron chi connectivity index (χ4n) is 0.398. The maximum absolute atomic E-state index is 2.40.